The molecule has 24 heavy (non-hydrogen) atoms. The highest BCUT2D eigenvalue weighted by atomic mass is 16.6. The van der Waals surface area contributed by atoms with Gasteiger partial charge in [-0.05, 0) is 25.2 Å². The van der Waals surface area contributed by atoms with Gasteiger partial charge in [-0.2, -0.15) is 0 Å². The zero-order valence-corrected chi connectivity index (χ0v) is 16.4. The fourth-order valence-corrected chi connectivity index (χ4v) is 3.54. The van der Waals surface area contributed by atoms with E-state index < -0.39 is 5.82 Å². The molecule has 0 amide bonds. The van der Waals surface area contributed by atoms with Crippen LogP contribution in [0.1, 0.15) is 109 Å². The Morgan fingerprint density at radius 2 is 1.29 bits per heavy atom. The van der Waals surface area contributed by atoms with E-state index in [0.29, 0.717) is 5.76 Å². The van der Waals surface area contributed by atoms with Gasteiger partial charge in [0.15, 0.2) is 0 Å². The fourth-order valence-electron chi connectivity index (χ4n) is 3.54. The van der Waals surface area contributed by atoms with Crippen molar-refractivity contribution in [2.45, 2.75) is 111 Å². The molecule has 0 aliphatic heterocycles. The third-order valence-corrected chi connectivity index (χ3v) is 5.19. The lowest BCUT2D eigenvalue weighted by Gasteiger charge is -2.29. The minimum atomic E-state index is -0.559. The summed E-state index contributed by atoms with van der Waals surface area (Å²) in [6.07, 6.45) is 16.3. The van der Waals surface area contributed by atoms with E-state index >= 15 is 0 Å². The third-order valence-electron chi connectivity index (χ3n) is 5.19. The van der Waals surface area contributed by atoms with Crippen LogP contribution in [0, 0.1) is 12.3 Å². The summed E-state index contributed by atoms with van der Waals surface area (Å²) in [5, 5.41) is 0. The molecule has 0 fully saturated rings. The van der Waals surface area contributed by atoms with Crippen LogP contribution in [0.5, 0.6) is 0 Å². The number of hydrogen-bond donors (Lipinski definition) is 0. The summed E-state index contributed by atoms with van der Waals surface area (Å²) in [6.45, 7) is 8.70. The van der Waals surface area contributed by atoms with Crippen molar-refractivity contribution < 1.29 is 8.83 Å². The Balaban J connectivity index is 2.56. The molecule has 0 spiro atoms. The molecule has 0 aliphatic rings. The lowest BCUT2D eigenvalue weighted by Crippen LogP contribution is -2.20. The Hall–Kier alpha value is -0.990. The first-order valence-electron chi connectivity index (χ1n) is 10.1. The summed E-state index contributed by atoms with van der Waals surface area (Å²) in [5.41, 5.74) is 0.211. The highest BCUT2D eigenvalue weighted by Gasteiger charge is 2.27. The predicted octanol–water partition coefficient (Wildman–Crippen LogP) is 6.81. The van der Waals surface area contributed by atoms with Crippen LogP contribution >= 0.6 is 0 Å². The van der Waals surface area contributed by atoms with Crippen molar-refractivity contribution in [3.05, 3.63) is 22.1 Å². The first-order chi connectivity index (χ1) is 11.5. The Labute approximate surface area is 148 Å². The molecule has 1 rings (SSSR count). The van der Waals surface area contributed by atoms with Crippen LogP contribution in [0.4, 0.5) is 0 Å². The molecule has 0 radical (unpaired) electrons. The molecule has 0 N–H and O–H groups in total. The molecule has 0 aromatic carbocycles. The van der Waals surface area contributed by atoms with Crippen molar-refractivity contribution in [2.24, 2.45) is 5.41 Å². The summed E-state index contributed by atoms with van der Waals surface area (Å²) in [4.78, 5) is 11.3. The lowest BCUT2D eigenvalue weighted by atomic mass is 9.76. The Kier molecular flexibility index (Phi) is 10.1. The summed E-state index contributed by atoms with van der Waals surface area (Å²) >= 11 is 0. The molecule has 0 aliphatic carbocycles. The smallest absolute Gasteiger partial charge is 0.396 e. The zero-order valence-electron chi connectivity index (χ0n) is 16.4. The van der Waals surface area contributed by atoms with Gasteiger partial charge in [0, 0.05) is 6.42 Å². The van der Waals surface area contributed by atoms with Gasteiger partial charge in [0.2, 0.25) is 0 Å². The van der Waals surface area contributed by atoms with Crippen molar-refractivity contribution in [3.63, 3.8) is 0 Å². The van der Waals surface area contributed by atoms with E-state index in [1.807, 2.05) is 6.92 Å². The highest BCUT2D eigenvalue weighted by Crippen LogP contribution is 2.35. The van der Waals surface area contributed by atoms with E-state index in [1.54, 1.807) is 0 Å². The van der Waals surface area contributed by atoms with Crippen molar-refractivity contribution in [1.29, 1.82) is 0 Å². The van der Waals surface area contributed by atoms with Crippen molar-refractivity contribution >= 4 is 0 Å². The number of unbranched alkanes of at least 4 members (excludes halogenated alkanes) is 8. The summed E-state index contributed by atoms with van der Waals surface area (Å²) < 4.78 is 10.3. The number of rotatable bonds is 14. The normalized spacial score (nSPS) is 12.0. The number of aryl methyl sites for hydroxylation is 1. The van der Waals surface area contributed by atoms with E-state index in [-0.39, 0.29) is 5.41 Å². The minimum absolute atomic E-state index is 0.211. The molecule has 1 heterocycles. The molecular weight excluding hydrogens is 300 g/mol. The standard InChI is InChI=1S/C21H38O3/c1-5-7-9-11-13-15-21(4,16-14-12-10-8-6-2)17-19-18(3)23-20(22)24-19/h5-17H2,1-4H3. The molecule has 0 saturated carbocycles. The van der Waals surface area contributed by atoms with Gasteiger partial charge in [0.1, 0.15) is 11.5 Å². The average Bonchev–Trinajstić information content (AvgIpc) is 2.84. The van der Waals surface area contributed by atoms with Gasteiger partial charge >= 0.3 is 5.82 Å². The van der Waals surface area contributed by atoms with Gasteiger partial charge < -0.3 is 8.83 Å². The Bertz CT molecular complexity index is 470. The Morgan fingerprint density at radius 3 is 1.71 bits per heavy atom. The maximum Gasteiger partial charge on any atom is 0.519 e. The van der Waals surface area contributed by atoms with Crippen molar-refractivity contribution in [3.8, 4) is 0 Å². The maximum atomic E-state index is 11.3. The molecule has 3 heteroatoms. The monoisotopic (exact) mass is 338 g/mol. The second kappa shape index (κ2) is 11.5. The van der Waals surface area contributed by atoms with Gasteiger partial charge in [-0.15, -0.1) is 0 Å². The topological polar surface area (TPSA) is 43.4 Å². The van der Waals surface area contributed by atoms with Crippen LogP contribution in [-0.2, 0) is 6.42 Å². The van der Waals surface area contributed by atoms with Gasteiger partial charge in [0.05, 0.1) is 0 Å². The van der Waals surface area contributed by atoms with Crippen LogP contribution in [0.25, 0.3) is 0 Å². The second-order valence-electron chi connectivity index (χ2n) is 7.75. The van der Waals surface area contributed by atoms with Crippen molar-refractivity contribution in [1.82, 2.24) is 0 Å². The second-order valence-corrected chi connectivity index (χ2v) is 7.75. The van der Waals surface area contributed by atoms with Crippen LogP contribution in [0.15, 0.2) is 13.6 Å². The Morgan fingerprint density at radius 1 is 0.792 bits per heavy atom. The summed E-state index contributed by atoms with van der Waals surface area (Å²) in [5.74, 6) is 0.851. The lowest BCUT2D eigenvalue weighted by molar-refractivity contribution is 0.230. The minimum Gasteiger partial charge on any atom is -0.396 e. The molecule has 0 atom stereocenters. The zero-order chi connectivity index (χ0) is 17.8. The summed E-state index contributed by atoms with van der Waals surface area (Å²) in [6, 6.07) is 0. The van der Waals surface area contributed by atoms with Gasteiger partial charge in [-0.3, -0.25) is 0 Å². The van der Waals surface area contributed by atoms with E-state index in [9.17, 15) is 4.79 Å². The van der Waals surface area contributed by atoms with E-state index in [2.05, 4.69) is 20.8 Å². The highest BCUT2D eigenvalue weighted by molar-refractivity contribution is 5.04. The summed E-state index contributed by atoms with van der Waals surface area (Å²) in [7, 11) is 0. The first kappa shape index (κ1) is 21.1. The fraction of sp³-hybridized carbons (Fsp3) is 0.857. The first-order valence-corrected chi connectivity index (χ1v) is 10.1. The quantitative estimate of drug-likeness (QED) is 0.350. The predicted molar refractivity (Wildman–Crippen MR) is 101 cm³/mol. The molecule has 1 aromatic heterocycles. The molecule has 0 bridgehead atoms. The van der Waals surface area contributed by atoms with E-state index in [4.69, 9.17) is 8.83 Å². The van der Waals surface area contributed by atoms with E-state index in [0.717, 1.165) is 12.2 Å². The largest absolute Gasteiger partial charge is 0.519 e. The van der Waals surface area contributed by atoms with Gasteiger partial charge in [-0.1, -0.05) is 85.0 Å². The number of hydrogen-bond acceptors (Lipinski definition) is 3. The molecule has 0 unspecified atom stereocenters. The van der Waals surface area contributed by atoms with Crippen LogP contribution < -0.4 is 5.82 Å². The average molecular weight is 339 g/mol. The molecule has 140 valence electrons. The maximum absolute atomic E-state index is 11.3. The molecule has 0 saturated heterocycles. The SMILES string of the molecule is CCCCCCCC(C)(CCCCCCC)Cc1oc(=O)oc1C. The van der Waals surface area contributed by atoms with Gasteiger partial charge in [-0.25, -0.2) is 4.79 Å². The van der Waals surface area contributed by atoms with Crippen LogP contribution in [0.2, 0.25) is 0 Å². The van der Waals surface area contributed by atoms with Crippen LogP contribution in [0.3, 0.4) is 0 Å². The van der Waals surface area contributed by atoms with E-state index in [1.165, 1.54) is 77.0 Å². The third kappa shape index (κ3) is 8.21. The van der Waals surface area contributed by atoms with Gasteiger partial charge in [0.25, 0.3) is 0 Å². The molecular formula is C21H38O3. The van der Waals surface area contributed by atoms with Crippen LogP contribution in [-0.4, -0.2) is 0 Å². The molecule has 1 aromatic rings. The van der Waals surface area contributed by atoms with Crippen molar-refractivity contribution in [2.75, 3.05) is 0 Å². The molecule has 3 nitrogen and oxygen atoms in total.